The first-order chi connectivity index (χ1) is 9.15. The van der Waals surface area contributed by atoms with E-state index in [1.807, 2.05) is 12.1 Å². The summed E-state index contributed by atoms with van der Waals surface area (Å²) in [5.41, 5.74) is 0. The Balaban J connectivity index is 1.63. The number of likely N-dealkylation sites (N-methyl/N-ethyl adjacent to an activating group) is 1. The molecule has 0 heterocycles. The summed E-state index contributed by atoms with van der Waals surface area (Å²) >= 11 is 5.79. The van der Waals surface area contributed by atoms with Crippen molar-refractivity contribution in [2.75, 3.05) is 26.7 Å². The van der Waals surface area contributed by atoms with E-state index in [0.29, 0.717) is 30.8 Å². The van der Waals surface area contributed by atoms with Gasteiger partial charge in [-0.3, -0.25) is 4.79 Å². The van der Waals surface area contributed by atoms with Gasteiger partial charge in [0.05, 0.1) is 13.1 Å². The molecule has 2 rings (SSSR count). The quantitative estimate of drug-likeness (QED) is 0.831. The van der Waals surface area contributed by atoms with Crippen molar-refractivity contribution >= 4 is 17.5 Å². The number of hydrogen-bond acceptors (Lipinski definition) is 3. The van der Waals surface area contributed by atoms with Crippen LogP contribution in [0.25, 0.3) is 0 Å². The largest absolute Gasteiger partial charge is 0.492 e. The molecule has 1 saturated carbocycles. The van der Waals surface area contributed by atoms with E-state index in [4.69, 9.17) is 16.3 Å². The Bertz CT molecular complexity index is 418. The molecule has 0 radical (unpaired) electrons. The molecule has 0 atom stereocenters. The van der Waals surface area contributed by atoms with E-state index in [1.165, 1.54) is 12.8 Å². The molecule has 1 aromatic carbocycles. The van der Waals surface area contributed by atoms with Crippen LogP contribution in [0, 0.1) is 0 Å². The summed E-state index contributed by atoms with van der Waals surface area (Å²) in [4.78, 5) is 13.4. The monoisotopic (exact) mass is 282 g/mol. The van der Waals surface area contributed by atoms with E-state index in [0.717, 1.165) is 5.75 Å². The minimum absolute atomic E-state index is 0.103. The molecule has 0 unspecified atom stereocenters. The van der Waals surface area contributed by atoms with Crippen molar-refractivity contribution in [3.8, 4) is 5.75 Å². The summed E-state index contributed by atoms with van der Waals surface area (Å²) in [5, 5.41) is 3.89. The zero-order chi connectivity index (χ0) is 13.7. The summed E-state index contributed by atoms with van der Waals surface area (Å²) in [6.07, 6.45) is 2.38. The molecular formula is C14H19ClN2O2. The van der Waals surface area contributed by atoms with E-state index in [-0.39, 0.29) is 5.91 Å². The third kappa shape index (κ3) is 5.09. The highest BCUT2D eigenvalue weighted by atomic mass is 35.5. The van der Waals surface area contributed by atoms with Gasteiger partial charge in [-0.05, 0) is 37.1 Å². The van der Waals surface area contributed by atoms with E-state index >= 15 is 0 Å². The fraction of sp³-hybridized carbons (Fsp3) is 0.500. The molecule has 19 heavy (non-hydrogen) atoms. The highest BCUT2D eigenvalue weighted by Gasteiger charge is 2.21. The lowest BCUT2D eigenvalue weighted by atomic mass is 10.3. The first-order valence-corrected chi connectivity index (χ1v) is 6.88. The minimum atomic E-state index is 0.103. The van der Waals surface area contributed by atoms with Gasteiger partial charge >= 0.3 is 0 Å². The fourth-order valence-corrected chi connectivity index (χ4v) is 1.74. The molecule has 4 nitrogen and oxygen atoms in total. The third-order valence-corrected chi connectivity index (χ3v) is 3.31. The van der Waals surface area contributed by atoms with E-state index in [9.17, 15) is 4.79 Å². The van der Waals surface area contributed by atoms with Crippen molar-refractivity contribution in [2.45, 2.75) is 18.9 Å². The van der Waals surface area contributed by atoms with Crippen LogP contribution >= 0.6 is 11.6 Å². The van der Waals surface area contributed by atoms with Crippen LogP contribution in [0.2, 0.25) is 5.02 Å². The van der Waals surface area contributed by atoms with Gasteiger partial charge in [-0.25, -0.2) is 0 Å². The van der Waals surface area contributed by atoms with Crippen molar-refractivity contribution in [3.63, 3.8) is 0 Å². The Morgan fingerprint density at radius 2 is 2.11 bits per heavy atom. The van der Waals surface area contributed by atoms with Crippen molar-refractivity contribution < 1.29 is 9.53 Å². The Labute approximate surface area is 118 Å². The average molecular weight is 283 g/mol. The fourth-order valence-electron chi connectivity index (χ4n) is 1.61. The van der Waals surface area contributed by atoms with E-state index < -0.39 is 0 Å². The number of carbonyl (C=O) groups excluding carboxylic acids is 1. The Morgan fingerprint density at radius 3 is 2.74 bits per heavy atom. The molecule has 1 fully saturated rings. The molecule has 1 aromatic rings. The maximum absolute atomic E-state index is 11.8. The Morgan fingerprint density at radius 1 is 1.42 bits per heavy atom. The normalized spacial score (nSPS) is 14.2. The van der Waals surface area contributed by atoms with Crippen LogP contribution in [0.3, 0.4) is 0 Å². The molecule has 1 N–H and O–H groups in total. The molecule has 0 aromatic heterocycles. The van der Waals surface area contributed by atoms with Crippen LogP contribution in [0.1, 0.15) is 12.8 Å². The highest BCUT2D eigenvalue weighted by Crippen LogP contribution is 2.18. The molecule has 104 valence electrons. The maximum Gasteiger partial charge on any atom is 0.236 e. The molecular weight excluding hydrogens is 264 g/mol. The van der Waals surface area contributed by atoms with Crippen molar-refractivity contribution in [2.24, 2.45) is 0 Å². The lowest BCUT2D eigenvalue weighted by Crippen LogP contribution is -2.38. The van der Waals surface area contributed by atoms with Crippen LogP contribution in [0.4, 0.5) is 0 Å². The van der Waals surface area contributed by atoms with Crippen LogP contribution in [0.5, 0.6) is 5.75 Å². The lowest BCUT2D eigenvalue weighted by molar-refractivity contribution is -0.129. The van der Waals surface area contributed by atoms with Gasteiger partial charge < -0.3 is 15.0 Å². The molecule has 0 bridgehead atoms. The summed E-state index contributed by atoms with van der Waals surface area (Å²) in [6.45, 7) is 1.48. The number of benzene rings is 1. The van der Waals surface area contributed by atoms with Gasteiger partial charge in [0.15, 0.2) is 0 Å². The van der Waals surface area contributed by atoms with Gasteiger partial charge in [-0.15, -0.1) is 0 Å². The number of ether oxygens (including phenoxy) is 1. The zero-order valence-corrected chi connectivity index (χ0v) is 11.8. The number of hydrogen-bond donors (Lipinski definition) is 1. The van der Waals surface area contributed by atoms with Crippen molar-refractivity contribution in [1.29, 1.82) is 0 Å². The van der Waals surface area contributed by atoms with E-state index in [2.05, 4.69) is 5.32 Å². The number of nitrogens with zero attached hydrogens (tertiary/aromatic N) is 1. The Kier molecular flexibility index (Phi) is 5.05. The van der Waals surface area contributed by atoms with Gasteiger partial charge in [-0.1, -0.05) is 11.6 Å². The molecule has 5 heteroatoms. The first kappa shape index (κ1) is 14.2. The second-order valence-electron chi connectivity index (χ2n) is 4.77. The number of halogens is 1. The molecule has 0 saturated heterocycles. The van der Waals surface area contributed by atoms with Crippen LogP contribution in [-0.4, -0.2) is 43.6 Å². The lowest BCUT2D eigenvalue weighted by Gasteiger charge is -2.17. The van der Waals surface area contributed by atoms with Crippen LogP contribution < -0.4 is 10.1 Å². The van der Waals surface area contributed by atoms with Gasteiger partial charge in [0.1, 0.15) is 12.4 Å². The summed E-state index contributed by atoms with van der Waals surface area (Å²) in [6, 6.07) is 7.76. The predicted octanol–water partition coefficient (Wildman–Crippen LogP) is 1.93. The smallest absolute Gasteiger partial charge is 0.236 e. The molecule has 1 amide bonds. The van der Waals surface area contributed by atoms with Crippen LogP contribution in [0.15, 0.2) is 24.3 Å². The number of carbonyl (C=O) groups is 1. The summed E-state index contributed by atoms with van der Waals surface area (Å²) < 4.78 is 5.55. The maximum atomic E-state index is 11.8. The molecule has 0 spiro atoms. The van der Waals surface area contributed by atoms with Crippen molar-refractivity contribution in [3.05, 3.63) is 29.3 Å². The van der Waals surface area contributed by atoms with Crippen LogP contribution in [-0.2, 0) is 4.79 Å². The summed E-state index contributed by atoms with van der Waals surface area (Å²) in [7, 11) is 1.79. The molecule has 0 aliphatic heterocycles. The SMILES string of the molecule is CN(CCOc1ccc(Cl)cc1)C(=O)CNC1CC1. The summed E-state index contributed by atoms with van der Waals surface area (Å²) in [5.74, 6) is 0.868. The second-order valence-corrected chi connectivity index (χ2v) is 5.21. The topological polar surface area (TPSA) is 41.6 Å². The predicted molar refractivity (Wildman–Crippen MR) is 75.6 cm³/mol. The number of nitrogens with one attached hydrogen (secondary N) is 1. The molecule has 1 aliphatic rings. The highest BCUT2D eigenvalue weighted by molar-refractivity contribution is 6.30. The third-order valence-electron chi connectivity index (χ3n) is 3.05. The van der Waals surface area contributed by atoms with Gasteiger partial charge in [0.2, 0.25) is 5.91 Å². The average Bonchev–Trinajstić information content (AvgIpc) is 3.22. The van der Waals surface area contributed by atoms with Gasteiger partial charge in [0.25, 0.3) is 0 Å². The van der Waals surface area contributed by atoms with Crippen molar-refractivity contribution in [1.82, 2.24) is 10.2 Å². The first-order valence-electron chi connectivity index (χ1n) is 6.51. The second kappa shape index (κ2) is 6.78. The zero-order valence-electron chi connectivity index (χ0n) is 11.1. The Hall–Kier alpha value is -1.26. The minimum Gasteiger partial charge on any atom is -0.492 e. The van der Waals surface area contributed by atoms with Gasteiger partial charge in [0, 0.05) is 18.1 Å². The number of amides is 1. The van der Waals surface area contributed by atoms with Gasteiger partial charge in [-0.2, -0.15) is 0 Å². The van der Waals surface area contributed by atoms with E-state index in [1.54, 1.807) is 24.1 Å². The number of rotatable bonds is 7. The standard InChI is InChI=1S/C14H19ClN2O2/c1-17(14(18)10-16-12-4-5-12)8-9-19-13-6-2-11(15)3-7-13/h2-3,6-7,12,16H,4-5,8-10H2,1H3. The molecule has 1 aliphatic carbocycles.